The van der Waals surface area contributed by atoms with E-state index in [1.807, 2.05) is 48.0 Å². The highest BCUT2D eigenvalue weighted by Gasteiger charge is 2.03. The average Bonchev–Trinajstić information content (AvgIpc) is 2.94. The lowest BCUT2D eigenvalue weighted by Crippen LogP contribution is -2.33. The average molecular weight is 272 g/mol. The van der Waals surface area contributed by atoms with E-state index in [4.69, 9.17) is 0 Å². The molecular weight excluding hydrogens is 252 g/mol. The molecule has 0 atom stereocenters. The summed E-state index contributed by atoms with van der Waals surface area (Å²) >= 11 is 0. The van der Waals surface area contributed by atoms with Crippen LogP contribution in [0.4, 0.5) is 0 Å². The highest BCUT2D eigenvalue weighted by atomic mass is 16.1. The second-order valence-corrected chi connectivity index (χ2v) is 4.50. The van der Waals surface area contributed by atoms with Crippen molar-refractivity contribution in [2.45, 2.75) is 26.6 Å². The molecule has 0 saturated carbocycles. The molecule has 20 heavy (non-hydrogen) atoms. The van der Waals surface area contributed by atoms with Crippen LogP contribution in [0.15, 0.2) is 42.6 Å². The summed E-state index contributed by atoms with van der Waals surface area (Å²) in [6, 6.07) is 11.8. The minimum Gasteiger partial charge on any atom is -0.351 e. The lowest BCUT2D eigenvalue weighted by atomic mass is 10.2. The molecule has 0 radical (unpaired) electrons. The first-order chi connectivity index (χ1) is 9.79. The second kappa shape index (κ2) is 7.45. The predicted molar refractivity (Wildman–Crippen MR) is 77.9 cm³/mol. The van der Waals surface area contributed by atoms with Crippen LogP contribution in [0.5, 0.6) is 0 Å². The van der Waals surface area contributed by atoms with Crippen LogP contribution in [0.1, 0.15) is 18.2 Å². The fraction of sp³-hybridized carbons (Fsp3) is 0.333. The first-order valence-corrected chi connectivity index (χ1v) is 6.81. The van der Waals surface area contributed by atoms with Crippen molar-refractivity contribution in [3.63, 3.8) is 0 Å². The van der Waals surface area contributed by atoms with E-state index in [0.717, 1.165) is 17.8 Å². The number of carbonyl (C=O) groups excluding carboxylic acids is 1. The van der Waals surface area contributed by atoms with Crippen molar-refractivity contribution in [3.8, 4) is 0 Å². The maximum absolute atomic E-state index is 11.7. The van der Waals surface area contributed by atoms with Gasteiger partial charge in [0, 0.05) is 25.8 Å². The quantitative estimate of drug-likeness (QED) is 0.799. The highest BCUT2D eigenvalue weighted by Crippen LogP contribution is 1.98. The third-order valence-electron chi connectivity index (χ3n) is 3.03. The SMILES string of the molecule is CCn1nccc1CNCC(=O)NCc1ccccc1. The van der Waals surface area contributed by atoms with Crippen LogP contribution >= 0.6 is 0 Å². The summed E-state index contributed by atoms with van der Waals surface area (Å²) in [7, 11) is 0. The lowest BCUT2D eigenvalue weighted by molar-refractivity contribution is -0.120. The van der Waals surface area contributed by atoms with Crippen molar-refractivity contribution in [2.75, 3.05) is 6.54 Å². The van der Waals surface area contributed by atoms with E-state index in [1.165, 1.54) is 0 Å². The summed E-state index contributed by atoms with van der Waals surface area (Å²) < 4.78 is 1.91. The molecule has 0 aliphatic heterocycles. The molecule has 0 spiro atoms. The zero-order chi connectivity index (χ0) is 14.2. The third kappa shape index (κ3) is 4.20. The van der Waals surface area contributed by atoms with Crippen molar-refractivity contribution in [2.24, 2.45) is 0 Å². The highest BCUT2D eigenvalue weighted by molar-refractivity contribution is 5.77. The lowest BCUT2D eigenvalue weighted by Gasteiger charge is -2.08. The molecule has 1 heterocycles. The van der Waals surface area contributed by atoms with E-state index in [1.54, 1.807) is 6.20 Å². The number of nitrogens with one attached hydrogen (secondary N) is 2. The summed E-state index contributed by atoms with van der Waals surface area (Å²) in [6.07, 6.45) is 1.77. The Morgan fingerprint density at radius 1 is 1.20 bits per heavy atom. The van der Waals surface area contributed by atoms with Crippen molar-refractivity contribution in [3.05, 3.63) is 53.9 Å². The van der Waals surface area contributed by atoms with Crippen molar-refractivity contribution < 1.29 is 4.79 Å². The molecule has 0 aliphatic rings. The number of hydrogen-bond acceptors (Lipinski definition) is 3. The molecule has 1 aromatic heterocycles. The number of amides is 1. The molecule has 2 N–H and O–H groups in total. The fourth-order valence-corrected chi connectivity index (χ4v) is 1.96. The summed E-state index contributed by atoms with van der Waals surface area (Å²) in [5, 5.41) is 10.2. The fourth-order valence-electron chi connectivity index (χ4n) is 1.96. The Labute approximate surface area is 119 Å². The van der Waals surface area contributed by atoms with Gasteiger partial charge < -0.3 is 10.6 Å². The van der Waals surface area contributed by atoms with Gasteiger partial charge in [-0.1, -0.05) is 30.3 Å². The number of benzene rings is 1. The van der Waals surface area contributed by atoms with Gasteiger partial charge in [0.2, 0.25) is 5.91 Å². The zero-order valence-corrected chi connectivity index (χ0v) is 11.7. The van der Waals surface area contributed by atoms with Crippen LogP contribution in [-0.2, 0) is 24.4 Å². The Morgan fingerprint density at radius 2 is 2.00 bits per heavy atom. The predicted octanol–water partition coefficient (Wildman–Crippen LogP) is 1.31. The summed E-state index contributed by atoms with van der Waals surface area (Å²) in [6.45, 7) is 4.40. The van der Waals surface area contributed by atoms with Crippen molar-refractivity contribution in [1.82, 2.24) is 20.4 Å². The van der Waals surface area contributed by atoms with Crippen LogP contribution in [-0.4, -0.2) is 22.2 Å². The minimum atomic E-state index is -0.00332. The van der Waals surface area contributed by atoms with Crippen molar-refractivity contribution >= 4 is 5.91 Å². The van der Waals surface area contributed by atoms with E-state index in [2.05, 4.69) is 15.7 Å². The van der Waals surface area contributed by atoms with Gasteiger partial charge in [0.05, 0.1) is 12.2 Å². The molecule has 1 amide bonds. The maximum Gasteiger partial charge on any atom is 0.234 e. The normalized spacial score (nSPS) is 10.4. The molecule has 5 nitrogen and oxygen atoms in total. The number of aromatic nitrogens is 2. The van der Waals surface area contributed by atoms with Gasteiger partial charge in [-0.25, -0.2) is 0 Å². The smallest absolute Gasteiger partial charge is 0.234 e. The molecule has 2 aromatic rings. The van der Waals surface area contributed by atoms with E-state index in [-0.39, 0.29) is 5.91 Å². The molecule has 0 aliphatic carbocycles. The maximum atomic E-state index is 11.7. The molecule has 106 valence electrons. The first kappa shape index (κ1) is 14.3. The van der Waals surface area contributed by atoms with Crippen LogP contribution in [0.2, 0.25) is 0 Å². The minimum absolute atomic E-state index is 0.00332. The van der Waals surface area contributed by atoms with E-state index in [0.29, 0.717) is 19.6 Å². The largest absolute Gasteiger partial charge is 0.351 e. The Morgan fingerprint density at radius 3 is 2.75 bits per heavy atom. The molecule has 0 fully saturated rings. The number of carbonyl (C=O) groups is 1. The molecule has 5 heteroatoms. The van der Waals surface area contributed by atoms with Gasteiger partial charge >= 0.3 is 0 Å². The van der Waals surface area contributed by atoms with Crippen LogP contribution < -0.4 is 10.6 Å². The van der Waals surface area contributed by atoms with Gasteiger partial charge in [0.25, 0.3) is 0 Å². The van der Waals surface area contributed by atoms with Gasteiger partial charge in [-0.15, -0.1) is 0 Å². The Bertz CT molecular complexity index is 536. The van der Waals surface area contributed by atoms with Crippen LogP contribution in [0, 0.1) is 0 Å². The number of hydrogen-bond donors (Lipinski definition) is 2. The van der Waals surface area contributed by atoms with Crippen LogP contribution in [0.25, 0.3) is 0 Å². The summed E-state index contributed by atoms with van der Waals surface area (Å²) in [5.41, 5.74) is 2.19. The monoisotopic (exact) mass is 272 g/mol. The standard InChI is InChI=1S/C15H20N4O/c1-2-19-14(8-9-18-19)11-16-12-15(20)17-10-13-6-4-3-5-7-13/h3-9,16H,2,10-12H2,1H3,(H,17,20). The Kier molecular flexibility index (Phi) is 5.32. The van der Waals surface area contributed by atoms with Gasteiger partial charge in [-0.05, 0) is 18.6 Å². The Hall–Kier alpha value is -2.14. The van der Waals surface area contributed by atoms with Gasteiger partial charge in [0.1, 0.15) is 0 Å². The molecule has 0 bridgehead atoms. The third-order valence-corrected chi connectivity index (χ3v) is 3.03. The van der Waals surface area contributed by atoms with Gasteiger partial charge in [-0.2, -0.15) is 5.10 Å². The molecule has 0 unspecified atom stereocenters. The summed E-state index contributed by atoms with van der Waals surface area (Å²) in [5.74, 6) is -0.00332. The first-order valence-electron chi connectivity index (χ1n) is 6.81. The zero-order valence-electron chi connectivity index (χ0n) is 11.7. The molecule has 1 aromatic carbocycles. The molecule has 0 saturated heterocycles. The molecule has 2 rings (SSSR count). The van der Waals surface area contributed by atoms with Gasteiger partial charge in [0.15, 0.2) is 0 Å². The number of nitrogens with zero attached hydrogens (tertiary/aromatic N) is 2. The van der Waals surface area contributed by atoms with E-state index < -0.39 is 0 Å². The number of rotatable bonds is 7. The Balaban J connectivity index is 1.68. The second-order valence-electron chi connectivity index (χ2n) is 4.50. The van der Waals surface area contributed by atoms with E-state index >= 15 is 0 Å². The molecular formula is C15H20N4O. The van der Waals surface area contributed by atoms with Crippen molar-refractivity contribution in [1.29, 1.82) is 0 Å². The topological polar surface area (TPSA) is 59.0 Å². The number of aryl methyl sites for hydroxylation is 1. The van der Waals surface area contributed by atoms with Gasteiger partial charge in [-0.3, -0.25) is 9.48 Å². The summed E-state index contributed by atoms with van der Waals surface area (Å²) in [4.78, 5) is 11.7. The van der Waals surface area contributed by atoms with E-state index in [9.17, 15) is 4.79 Å². The van der Waals surface area contributed by atoms with Crippen LogP contribution in [0.3, 0.4) is 0 Å².